The van der Waals surface area contributed by atoms with E-state index in [4.69, 9.17) is 40.2 Å². The smallest absolute Gasteiger partial charge is 0.216 e. The number of nitrogens with one attached hydrogen (secondary N) is 1. The van der Waals surface area contributed by atoms with E-state index in [2.05, 4.69) is 15.3 Å². The summed E-state index contributed by atoms with van der Waals surface area (Å²) in [4.78, 5) is 0. The summed E-state index contributed by atoms with van der Waals surface area (Å²) < 4.78 is 7.15. The summed E-state index contributed by atoms with van der Waals surface area (Å²) in [6.45, 7) is 0. The van der Waals surface area contributed by atoms with E-state index in [0.29, 0.717) is 32.0 Å². The molecule has 2 aromatic carbocycles. The first-order chi connectivity index (χ1) is 11.6. The second-order valence-corrected chi connectivity index (χ2v) is 6.01. The van der Waals surface area contributed by atoms with Crippen molar-refractivity contribution in [3.8, 4) is 17.1 Å². The van der Waals surface area contributed by atoms with E-state index in [1.54, 1.807) is 31.5 Å². The highest BCUT2D eigenvalue weighted by Crippen LogP contribution is 2.29. The molecule has 0 unspecified atom stereocenters. The Balaban J connectivity index is 2.05. The van der Waals surface area contributed by atoms with Gasteiger partial charge in [0.2, 0.25) is 4.77 Å². The Hall–Kier alpha value is -2.15. The molecule has 0 aliphatic heterocycles. The van der Waals surface area contributed by atoms with Crippen molar-refractivity contribution in [2.24, 2.45) is 5.10 Å². The number of rotatable bonds is 4. The van der Waals surface area contributed by atoms with Gasteiger partial charge in [-0.3, -0.25) is 0 Å². The lowest BCUT2D eigenvalue weighted by molar-refractivity contribution is 0.414. The number of para-hydroxylation sites is 1. The van der Waals surface area contributed by atoms with Crippen LogP contribution in [0.4, 0.5) is 0 Å². The molecular weight excluding hydrogens is 367 g/mol. The molecule has 0 spiro atoms. The first-order valence-electron chi connectivity index (χ1n) is 6.90. The van der Waals surface area contributed by atoms with Crippen LogP contribution < -0.4 is 4.74 Å². The van der Waals surface area contributed by atoms with E-state index >= 15 is 0 Å². The van der Waals surface area contributed by atoms with Gasteiger partial charge in [0.15, 0.2) is 5.82 Å². The van der Waals surface area contributed by atoms with Crippen LogP contribution in [-0.4, -0.2) is 28.2 Å². The van der Waals surface area contributed by atoms with Crippen LogP contribution in [0, 0.1) is 4.77 Å². The van der Waals surface area contributed by atoms with Crippen LogP contribution in [0.5, 0.6) is 5.75 Å². The molecule has 0 amide bonds. The third-order valence-electron chi connectivity index (χ3n) is 3.27. The molecule has 5 nitrogen and oxygen atoms in total. The van der Waals surface area contributed by atoms with Crippen molar-refractivity contribution >= 4 is 41.6 Å². The van der Waals surface area contributed by atoms with Crippen molar-refractivity contribution in [3.63, 3.8) is 0 Å². The SMILES string of the molecule is COc1ccccc1C=Nn1c(-c2ccc(Cl)cc2Cl)n[nH]c1=S. The van der Waals surface area contributed by atoms with Crippen molar-refractivity contribution in [2.45, 2.75) is 0 Å². The molecule has 0 aliphatic rings. The number of benzene rings is 2. The first kappa shape index (κ1) is 16.7. The number of aromatic amines is 1. The maximum Gasteiger partial charge on any atom is 0.216 e. The van der Waals surface area contributed by atoms with E-state index in [1.165, 1.54) is 4.68 Å². The van der Waals surface area contributed by atoms with E-state index in [9.17, 15) is 0 Å². The summed E-state index contributed by atoms with van der Waals surface area (Å²) >= 11 is 17.4. The Morgan fingerprint density at radius 2 is 2.04 bits per heavy atom. The number of halogens is 2. The lowest BCUT2D eigenvalue weighted by atomic mass is 10.2. The highest BCUT2D eigenvalue weighted by atomic mass is 35.5. The van der Waals surface area contributed by atoms with E-state index in [-0.39, 0.29) is 0 Å². The van der Waals surface area contributed by atoms with Crippen LogP contribution >= 0.6 is 35.4 Å². The number of hydrogen-bond acceptors (Lipinski definition) is 4. The standard InChI is InChI=1S/C16H12Cl2N4OS/c1-23-14-5-3-2-4-10(14)9-19-22-15(20-21-16(22)24)12-7-6-11(17)8-13(12)18/h2-9H,1H3,(H,21,24). The van der Waals surface area contributed by atoms with Gasteiger partial charge in [0.25, 0.3) is 0 Å². The molecule has 0 radical (unpaired) electrons. The number of ether oxygens (including phenoxy) is 1. The third-order valence-corrected chi connectivity index (χ3v) is 4.09. The van der Waals surface area contributed by atoms with Gasteiger partial charge in [0.05, 0.1) is 18.3 Å². The predicted octanol–water partition coefficient (Wildman–Crippen LogP) is 4.81. The molecule has 0 saturated carbocycles. The fourth-order valence-electron chi connectivity index (χ4n) is 2.14. The molecule has 1 aromatic heterocycles. The van der Waals surface area contributed by atoms with Gasteiger partial charge in [0.1, 0.15) is 5.75 Å². The molecule has 0 fully saturated rings. The molecule has 24 heavy (non-hydrogen) atoms. The van der Waals surface area contributed by atoms with Crippen LogP contribution in [0.2, 0.25) is 10.0 Å². The van der Waals surface area contributed by atoms with E-state index in [0.717, 1.165) is 5.56 Å². The summed E-state index contributed by atoms with van der Waals surface area (Å²) in [6.07, 6.45) is 1.65. The molecule has 1 heterocycles. The average molecular weight is 379 g/mol. The topological polar surface area (TPSA) is 55.2 Å². The van der Waals surface area contributed by atoms with Crippen molar-refractivity contribution in [1.82, 2.24) is 14.9 Å². The van der Waals surface area contributed by atoms with Gasteiger partial charge in [-0.2, -0.15) is 14.9 Å². The highest BCUT2D eigenvalue weighted by molar-refractivity contribution is 7.71. The van der Waals surface area contributed by atoms with Gasteiger partial charge in [-0.1, -0.05) is 35.3 Å². The van der Waals surface area contributed by atoms with Gasteiger partial charge in [-0.25, -0.2) is 5.10 Å². The minimum atomic E-state index is 0.349. The maximum absolute atomic E-state index is 6.25. The maximum atomic E-state index is 6.25. The Morgan fingerprint density at radius 3 is 2.79 bits per heavy atom. The minimum absolute atomic E-state index is 0.349. The molecule has 0 saturated heterocycles. The van der Waals surface area contributed by atoms with Crippen molar-refractivity contribution in [3.05, 3.63) is 62.8 Å². The minimum Gasteiger partial charge on any atom is -0.496 e. The zero-order valence-electron chi connectivity index (χ0n) is 12.5. The van der Waals surface area contributed by atoms with Gasteiger partial charge in [-0.15, -0.1) is 0 Å². The Kier molecular flexibility index (Phi) is 4.99. The monoisotopic (exact) mass is 378 g/mol. The lowest BCUT2D eigenvalue weighted by Gasteiger charge is -2.05. The van der Waals surface area contributed by atoms with Crippen LogP contribution in [0.15, 0.2) is 47.6 Å². The first-order valence-corrected chi connectivity index (χ1v) is 8.07. The zero-order valence-corrected chi connectivity index (χ0v) is 14.9. The summed E-state index contributed by atoms with van der Waals surface area (Å²) in [7, 11) is 1.61. The van der Waals surface area contributed by atoms with Gasteiger partial charge in [-0.05, 0) is 42.5 Å². The number of nitrogens with zero attached hydrogens (tertiary/aromatic N) is 3. The predicted molar refractivity (Wildman–Crippen MR) is 98.9 cm³/mol. The average Bonchev–Trinajstić information content (AvgIpc) is 2.94. The molecule has 122 valence electrons. The summed E-state index contributed by atoms with van der Waals surface area (Å²) in [5, 5.41) is 12.3. The Labute approximate surface area is 153 Å². The molecule has 3 aromatic rings. The van der Waals surface area contributed by atoms with Gasteiger partial charge < -0.3 is 4.74 Å². The number of hydrogen-bond donors (Lipinski definition) is 1. The molecule has 0 atom stereocenters. The molecule has 8 heteroatoms. The molecular formula is C16H12Cl2N4OS. The second-order valence-electron chi connectivity index (χ2n) is 4.77. The fraction of sp³-hybridized carbons (Fsp3) is 0.0625. The number of aromatic nitrogens is 3. The Bertz CT molecular complexity index is 965. The summed E-state index contributed by atoms with van der Waals surface area (Å²) in [5.74, 6) is 1.20. The fourth-order valence-corrected chi connectivity index (χ4v) is 2.81. The number of methoxy groups -OCH3 is 1. The normalized spacial score (nSPS) is 11.1. The van der Waals surface area contributed by atoms with E-state index < -0.39 is 0 Å². The second kappa shape index (κ2) is 7.17. The molecule has 0 aliphatic carbocycles. The summed E-state index contributed by atoms with van der Waals surface area (Å²) in [6, 6.07) is 12.7. The van der Waals surface area contributed by atoms with Gasteiger partial charge >= 0.3 is 0 Å². The van der Waals surface area contributed by atoms with Crippen molar-refractivity contribution < 1.29 is 4.74 Å². The Morgan fingerprint density at radius 1 is 1.25 bits per heavy atom. The lowest BCUT2D eigenvalue weighted by Crippen LogP contribution is -1.97. The van der Waals surface area contributed by atoms with Crippen LogP contribution in [0.3, 0.4) is 0 Å². The largest absolute Gasteiger partial charge is 0.496 e. The summed E-state index contributed by atoms with van der Waals surface area (Å²) in [5.41, 5.74) is 1.49. The molecule has 3 rings (SSSR count). The molecule has 0 bridgehead atoms. The van der Waals surface area contributed by atoms with Crippen LogP contribution in [-0.2, 0) is 0 Å². The van der Waals surface area contributed by atoms with Crippen molar-refractivity contribution in [2.75, 3.05) is 7.11 Å². The quantitative estimate of drug-likeness (QED) is 0.523. The van der Waals surface area contributed by atoms with Crippen molar-refractivity contribution in [1.29, 1.82) is 0 Å². The number of H-pyrrole nitrogens is 1. The highest BCUT2D eigenvalue weighted by Gasteiger charge is 2.12. The van der Waals surface area contributed by atoms with E-state index in [1.807, 2.05) is 24.3 Å². The van der Waals surface area contributed by atoms with Crippen LogP contribution in [0.1, 0.15) is 5.56 Å². The zero-order chi connectivity index (χ0) is 17.1. The third kappa shape index (κ3) is 3.36. The van der Waals surface area contributed by atoms with Crippen LogP contribution in [0.25, 0.3) is 11.4 Å². The van der Waals surface area contributed by atoms with Gasteiger partial charge in [0, 0.05) is 16.1 Å². The molecule has 1 N–H and O–H groups in total.